The van der Waals surface area contributed by atoms with Crippen molar-refractivity contribution in [3.8, 4) is 0 Å². The lowest BCUT2D eigenvalue weighted by molar-refractivity contribution is 0.404. The summed E-state index contributed by atoms with van der Waals surface area (Å²) in [4.78, 5) is 5.88. The van der Waals surface area contributed by atoms with E-state index in [0.717, 1.165) is 5.56 Å². The second-order valence-electron chi connectivity index (χ2n) is 2.91. The molecule has 0 radical (unpaired) electrons. The van der Waals surface area contributed by atoms with Gasteiger partial charge < -0.3 is 10.6 Å². The molecule has 0 aromatic carbocycles. The van der Waals surface area contributed by atoms with Crippen LogP contribution in [0.1, 0.15) is 18.5 Å². The third-order valence-electron chi connectivity index (χ3n) is 2.10. The number of hydrogen-bond donors (Lipinski definition) is 1. The van der Waals surface area contributed by atoms with E-state index in [-0.39, 0.29) is 6.04 Å². The molecule has 0 fully saturated rings. The maximum atomic E-state index is 5.51. The van der Waals surface area contributed by atoms with E-state index in [1.807, 2.05) is 37.2 Å². The van der Waals surface area contributed by atoms with Gasteiger partial charge in [0.2, 0.25) is 0 Å². The van der Waals surface area contributed by atoms with Crippen LogP contribution in [0.4, 0.5) is 0 Å². The number of nitrogens with zero attached hydrogens (tertiary/aromatic N) is 2. The van der Waals surface area contributed by atoms with E-state index in [0.29, 0.717) is 5.11 Å². The summed E-state index contributed by atoms with van der Waals surface area (Å²) in [6, 6.07) is 4.08. The second kappa shape index (κ2) is 4.18. The molecule has 0 amide bonds. The number of nitrogens with two attached hydrogens (primary N) is 1. The van der Waals surface area contributed by atoms with E-state index in [1.54, 1.807) is 6.20 Å². The van der Waals surface area contributed by atoms with Crippen LogP contribution in [0.5, 0.6) is 0 Å². The van der Waals surface area contributed by atoms with Gasteiger partial charge in [-0.1, -0.05) is 6.07 Å². The predicted octanol–water partition coefficient (Wildman–Crippen LogP) is 1.32. The summed E-state index contributed by atoms with van der Waals surface area (Å²) in [5, 5.41) is 0.399. The largest absolute Gasteiger partial charge is 0.376 e. The van der Waals surface area contributed by atoms with E-state index in [1.165, 1.54) is 0 Å². The normalized spacial score (nSPS) is 12.2. The molecule has 2 N–H and O–H groups in total. The van der Waals surface area contributed by atoms with Crippen molar-refractivity contribution < 1.29 is 0 Å². The van der Waals surface area contributed by atoms with Crippen molar-refractivity contribution in [1.82, 2.24) is 9.88 Å². The van der Waals surface area contributed by atoms with E-state index in [2.05, 4.69) is 4.98 Å². The fraction of sp³-hybridized carbons (Fsp3) is 0.333. The van der Waals surface area contributed by atoms with E-state index in [4.69, 9.17) is 18.0 Å². The molecular weight excluding hydrogens is 182 g/mol. The van der Waals surface area contributed by atoms with Gasteiger partial charge in [0, 0.05) is 19.4 Å². The van der Waals surface area contributed by atoms with Gasteiger partial charge in [0.1, 0.15) is 0 Å². The van der Waals surface area contributed by atoms with E-state index in [9.17, 15) is 0 Å². The molecule has 1 unspecified atom stereocenters. The van der Waals surface area contributed by atoms with Crippen LogP contribution < -0.4 is 5.73 Å². The summed E-state index contributed by atoms with van der Waals surface area (Å²) < 4.78 is 0. The zero-order chi connectivity index (χ0) is 9.84. The van der Waals surface area contributed by atoms with Crippen LogP contribution in [0, 0.1) is 0 Å². The Hall–Kier alpha value is -1.16. The first-order chi connectivity index (χ1) is 6.13. The molecule has 0 spiro atoms. The zero-order valence-electron chi connectivity index (χ0n) is 7.77. The van der Waals surface area contributed by atoms with Crippen LogP contribution in [0.3, 0.4) is 0 Å². The molecule has 1 atom stereocenters. The lowest BCUT2D eigenvalue weighted by atomic mass is 10.1. The minimum Gasteiger partial charge on any atom is -0.376 e. The van der Waals surface area contributed by atoms with Gasteiger partial charge >= 0.3 is 0 Å². The van der Waals surface area contributed by atoms with Gasteiger partial charge in [-0.25, -0.2) is 0 Å². The number of rotatable bonds is 2. The monoisotopic (exact) mass is 195 g/mol. The molecule has 0 saturated heterocycles. The second-order valence-corrected chi connectivity index (χ2v) is 3.33. The molecule has 3 nitrogen and oxygen atoms in total. The van der Waals surface area contributed by atoms with Crippen LogP contribution in [0.15, 0.2) is 24.5 Å². The van der Waals surface area contributed by atoms with Gasteiger partial charge in [0.25, 0.3) is 0 Å². The molecule has 1 rings (SSSR count). The van der Waals surface area contributed by atoms with E-state index >= 15 is 0 Å². The molecule has 1 aromatic heterocycles. The Morgan fingerprint density at radius 2 is 2.38 bits per heavy atom. The molecule has 13 heavy (non-hydrogen) atoms. The van der Waals surface area contributed by atoms with Crippen LogP contribution in [0.25, 0.3) is 0 Å². The Labute approximate surface area is 83.6 Å². The van der Waals surface area contributed by atoms with Gasteiger partial charge in [0.15, 0.2) is 5.11 Å². The summed E-state index contributed by atoms with van der Waals surface area (Å²) in [6.45, 7) is 2.04. The molecule has 0 bridgehead atoms. The molecule has 1 heterocycles. The van der Waals surface area contributed by atoms with E-state index < -0.39 is 0 Å². The van der Waals surface area contributed by atoms with Crippen molar-refractivity contribution in [2.24, 2.45) is 5.73 Å². The lowest BCUT2D eigenvalue weighted by Gasteiger charge is -2.24. The van der Waals surface area contributed by atoms with Crippen LogP contribution in [-0.4, -0.2) is 22.0 Å². The molecule has 70 valence electrons. The average Bonchev–Trinajstić information content (AvgIpc) is 2.17. The summed E-state index contributed by atoms with van der Waals surface area (Å²) in [5.74, 6) is 0. The minimum atomic E-state index is 0.172. The number of thiocarbonyl (C=S) groups is 1. The number of aromatic nitrogens is 1. The molecule has 0 aliphatic heterocycles. The molecule has 0 aliphatic rings. The summed E-state index contributed by atoms with van der Waals surface area (Å²) in [5.41, 5.74) is 6.62. The highest BCUT2D eigenvalue weighted by Crippen LogP contribution is 2.16. The Balaban J connectivity index is 2.79. The van der Waals surface area contributed by atoms with Crippen molar-refractivity contribution in [2.45, 2.75) is 13.0 Å². The Kier molecular flexibility index (Phi) is 3.19. The van der Waals surface area contributed by atoms with Gasteiger partial charge in [-0.15, -0.1) is 0 Å². The highest BCUT2D eigenvalue weighted by Gasteiger charge is 2.11. The van der Waals surface area contributed by atoms with Crippen LogP contribution in [-0.2, 0) is 0 Å². The third-order valence-corrected chi connectivity index (χ3v) is 2.38. The van der Waals surface area contributed by atoms with Gasteiger partial charge in [0.05, 0.1) is 6.04 Å². The van der Waals surface area contributed by atoms with Gasteiger partial charge in [-0.2, -0.15) is 0 Å². The van der Waals surface area contributed by atoms with Crippen LogP contribution in [0.2, 0.25) is 0 Å². The smallest absolute Gasteiger partial charge is 0.166 e. The quantitative estimate of drug-likeness (QED) is 0.723. The molecule has 0 saturated carbocycles. The molecule has 4 heteroatoms. The standard InChI is InChI=1S/C9H13N3S/c1-7(12(2)9(10)13)8-4-3-5-11-6-8/h3-7H,1-2H3,(H2,10,13). The first-order valence-corrected chi connectivity index (χ1v) is 4.46. The van der Waals surface area contributed by atoms with Crippen molar-refractivity contribution in [3.05, 3.63) is 30.1 Å². The molecular formula is C9H13N3S. The lowest BCUT2D eigenvalue weighted by Crippen LogP contribution is -2.33. The molecule has 1 aromatic rings. The molecule has 0 aliphatic carbocycles. The first-order valence-electron chi connectivity index (χ1n) is 4.05. The highest BCUT2D eigenvalue weighted by atomic mass is 32.1. The van der Waals surface area contributed by atoms with Crippen molar-refractivity contribution in [2.75, 3.05) is 7.05 Å². The third kappa shape index (κ3) is 2.39. The van der Waals surface area contributed by atoms with Crippen LogP contribution >= 0.6 is 12.2 Å². The Morgan fingerprint density at radius 3 is 2.85 bits per heavy atom. The summed E-state index contributed by atoms with van der Waals surface area (Å²) in [6.07, 6.45) is 3.57. The fourth-order valence-corrected chi connectivity index (χ4v) is 1.20. The van der Waals surface area contributed by atoms with Gasteiger partial charge in [-0.05, 0) is 30.8 Å². The SMILES string of the molecule is CC(c1cccnc1)N(C)C(N)=S. The highest BCUT2D eigenvalue weighted by molar-refractivity contribution is 7.80. The summed E-state index contributed by atoms with van der Waals surface area (Å²) in [7, 11) is 1.88. The fourth-order valence-electron chi connectivity index (χ4n) is 1.04. The Morgan fingerprint density at radius 1 is 1.69 bits per heavy atom. The average molecular weight is 195 g/mol. The Bertz CT molecular complexity index is 286. The predicted molar refractivity (Wildman–Crippen MR) is 57.2 cm³/mol. The topological polar surface area (TPSA) is 42.2 Å². The maximum Gasteiger partial charge on any atom is 0.166 e. The maximum absolute atomic E-state index is 5.51. The number of hydrogen-bond acceptors (Lipinski definition) is 2. The minimum absolute atomic E-state index is 0.172. The number of pyridine rings is 1. The first kappa shape index (κ1) is 9.92. The zero-order valence-corrected chi connectivity index (χ0v) is 8.58. The van der Waals surface area contributed by atoms with Gasteiger partial charge in [-0.3, -0.25) is 4.98 Å². The van der Waals surface area contributed by atoms with Crippen molar-refractivity contribution in [1.29, 1.82) is 0 Å². The summed E-state index contributed by atoms with van der Waals surface area (Å²) >= 11 is 4.88. The van der Waals surface area contributed by atoms with Crippen molar-refractivity contribution in [3.63, 3.8) is 0 Å². The van der Waals surface area contributed by atoms with Crippen molar-refractivity contribution >= 4 is 17.3 Å².